The fourth-order valence-corrected chi connectivity index (χ4v) is 3.93. The summed E-state index contributed by atoms with van der Waals surface area (Å²) in [5, 5.41) is 0.667. The number of halogens is 1. The molecular formula is C23H17Cl. The highest BCUT2D eigenvalue weighted by Crippen LogP contribution is 2.49. The van der Waals surface area contributed by atoms with Crippen molar-refractivity contribution < 1.29 is 0 Å². The van der Waals surface area contributed by atoms with Crippen LogP contribution in [-0.2, 0) is 5.41 Å². The van der Waals surface area contributed by atoms with Gasteiger partial charge in [0.2, 0.25) is 0 Å². The lowest BCUT2D eigenvalue weighted by Gasteiger charge is -2.22. The molecule has 0 bridgehead atoms. The average Bonchev–Trinajstić information content (AvgIpc) is 2.83. The van der Waals surface area contributed by atoms with Crippen molar-refractivity contribution in [3.63, 3.8) is 0 Å². The molecule has 1 aliphatic carbocycles. The zero-order valence-electron chi connectivity index (χ0n) is 13.7. The van der Waals surface area contributed by atoms with E-state index in [-0.39, 0.29) is 5.41 Å². The molecule has 1 aliphatic rings. The van der Waals surface area contributed by atoms with Gasteiger partial charge in [0.1, 0.15) is 0 Å². The Morgan fingerprint density at radius 2 is 1.54 bits per heavy atom. The minimum Gasteiger partial charge on any atom is -0.115 e. The van der Waals surface area contributed by atoms with Crippen LogP contribution in [0.1, 0.15) is 30.5 Å². The van der Waals surface area contributed by atoms with Crippen molar-refractivity contribution in [1.82, 2.24) is 0 Å². The van der Waals surface area contributed by atoms with Crippen LogP contribution in [0.25, 0.3) is 22.3 Å². The number of terminal acetylenes is 1. The van der Waals surface area contributed by atoms with Gasteiger partial charge in [-0.2, -0.15) is 0 Å². The van der Waals surface area contributed by atoms with Crippen LogP contribution in [-0.4, -0.2) is 0 Å². The molecule has 24 heavy (non-hydrogen) atoms. The SMILES string of the molecule is C#Cc1cc(Cl)ccc1-c1ccc2c(c1)C(C)(C)c1ccccc1-2. The molecule has 3 aromatic rings. The predicted molar refractivity (Wildman–Crippen MR) is 102 cm³/mol. The molecule has 0 spiro atoms. The largest absolute Gasteiger partial charge is 0.115 e. The Morgan fingerprint density at radius 3 is 2.33 bits per heavy atom. The van der Waals surface area contributed by atoms with Crippen molar-refractivity contribution in [3.8, 4) is 34.6 Å². The monoisotopic (exact) mass is 328 g/mol. The molecular weight excluding hydrogens is 312 g/mol. The molecule has 0 aliphatic heterocycles. The van der Waals surface area contributed by atoms with Crippen LogP contribution < -0.4 is 0 Å². The summed E-state index contributed by atoms with van der Waals surface area (Å²) in [7, 11) is 0. The van der Waals surface area contributed by atoms with Crippen molar-refractivity contribution in [1.29, 1.82) is 0 Å². The summed E-state index contributed by atoms with van der Waals surface area (Å²) in [5.74, 6) is 2.76. The van der Waals surface area contributed by atoms with E-state index >= 15 is 0 Å². The second-order valence-corrected chi connectivity index (χ2v) is 7.20. The van der Waals surface area contributed by atoms with Gasteiger partial charge in [0.05, 0.1) is 0 Å². The first-order valence-corrected chi connectivity index (χ1v) is 8.41. The van der Waals surface area contributed by atoms with Gasteiger partial charge >= 0.3 is 0 Å². The third-order valence-corrected chi connectivity index (χ3v) is 5.27. The van der Waals surface area contributed by atoms with Gasteiger partial charge in [-0.25, -0.2) is 0 Å². The van der Waals surface area contributed by atoms with E-state index in [9.17, 15) is 0 Å². The van der Waals surface area contributed by atoms with Crippen molar-refractivity contribution in [2.45, 2.75) is 19.3 Å². The molecule has 1 heteroatoms. The second-order valence-electron chi connectivity index (χ2n) is 6.77. The first-order chi connectivity index (χ1) is 11.5. The number of benzene rings is 3. The maximum Gasteiger partial charge on any atom is 0.0418 e. The maximum absolute atomic E-state index is 6.09. The highest BCUT2D eigenvalue weighted by atomic mass is 35.5. The van der Waals surface area contributed by atoms with Gasteiger partial charge < -0.3 is 0 Å². The summed E-state index contributed by atoms with van der Waals surface area (Å²) < 4.78 is 0. The predicted octanol–water partition coefficient (Wildman–Crippen LogP) is 6.29. The van der Waals surface area contributed by atoms with E-state index in [0.29, 0.717) is 5.02 Å². The van der Waals surface area contributed by atoms with Gasteiger partial charge in [-0.15, -0.1) is 6.42 Å². The summed E-state index contributed by atoms with van der Waals surface area (Å²) in [4.78, 5) is 0. The van der Waals surface area contributed by atoms with Crippen molar-refractivity contribution in [2.75, 3.05) is 0 Å². The van der Waals surface area contributed by atoms with Crippen LogP contribution in [0.2, 0.25) is 5.02 Å². The average molecular weight is 329 g/mol. The second kappa shape index (κ2) is 5.26. The van der Waals surface area contributed by atoms with Crippen molar-refractivity contribution in [3.05, 3.63) is 82.4 Å². The van der Waals surface area contributed by atoms with Gasteiger partial charge in [0.25, 0.3) is 0 Å². The molecule has 0 radical (unpaired) electrons. The third-order valence-electron chi connectivity index (χ3n) is 5.03. The highest BCUT2D eigenvalue weighted by molar-refractivity contribution is 6.30. The lowest BCUT2D eigenvalue weighted by Crippen LogP contribution is -2.14. The summed E-state index contributed by atoms with van der Waals surface area (Å²) >= 11 is 6.09. The molecule has 0 saturated carbocycles. The van der Waals surface area contributed by atoms with Gasteiger partial charge in [-0.05, 0) is 51.6 Å². The minimum atomic E-state index is -0.00926. The quantitative estimate of drug-likeness (QED) is 0.460. The molecule has 0 saturated heterocycles. The Balaban J connectivity index is 1.94. The van der Waals surface area contributed by atoms with Crippen LogP contribution in [0.5, 0.6) is 0 Å². The molecule has 0 heterocycles. The fourth-order valence-electron chi connectivity index (χ4n) is 3.76. The first kappa shape index (κ1) is 15.1. The number of hydrogen-bond acceptors (Lipinski definition) is 0. The van der Waals surface area contributed by atoms with Crippen LogP contribution in [0.15, 0.2) is 60.7 Å². The van der Waals surface area contributed by atoms with Crippen LogP contribution in [0, 0.1) is 12.3 Å². The van der Waals surface area contributed by atoms with Gasteiger partial charge in [-0.1, -0.05) is 73.8 Å². The number of fused-ring (bicyclic) bond motifs is 3. The van der Waals surface area contributed by atoms with Crippen LogP contribution in [0.4, 0.5) is 0 Å². The molecule has 0 nitrogen and oxygen atoms in total. The van der Waals surface area contributed by atoms with Crippen molar-refractivity contribution in [2.24, 2.45) is 0 Å². The lowest BCUT2D eigenvalue weighted by atomic mass is 9.81. The summed E-state index contributed by atoms with van der Waals surface area (Å²) in [6.45, 7) is 4.57. The van der Waals surface area contributed by atoms with E-state index in [2.05, 4.69) is 62.2 Å². The first-order valence-electron chi connectivity index (χ1n) is 8.03. The van der Waals surface area contributed by atoms with E-state index in [1.165, 1.54) is 22.3 Å². The molecule has 3 aromatic carbocycles. The van der Waals surface area contributed by atoms with E-state index in [0.717, 1.165) is 16.7 Å². The molecule has 4 rings (SSSR count). The van der Waals surface area contributed by atoms with Crippen LogP contribution in [0.3, 0.4) is 0 Å². The van der Waals surface area contributed by atoms with Gasteiger partial charge in [0, 0.05) is 16.0 Å². The lowest BCUT2D eigenvalue weighted by molar-refractivity contribution is 0.660. The standard InChI is InChI=1S/C23H17Cl/c1-4-15-13-17(24)10-12-18(15)16-9-11-20-19-7-5-6-8-21(19)23(2,3)22(20)14-16/h1,5-14H,2-3H3. The van der Waals surface area contributed by atoms with Crippen molar-refractivity contribution >= 4 is 11.6 Å². The van der Waals surface area contributed by atoms with Crippen LogP contribution >= 0.6 is 11.6 Å². The van der Waals surface area contributed by atoms with E-state index in [1.54, 1.807) is 0 Å². The van der Waals surface area contributed by atoms with E-state index in [4.69, 9.17) is 18.0 Å². The topological polar surface area (TPSA) is 0 Å². The third kappa shape index (κ3) is 2.09. The number of hydrogen-bond donors (Lipinski definition) is 0. The molecule has 0 amide bonds. The Kier molecular flexibility index (Phi) is 3.30. The minimum absolute atomic E-state index is 0.00926. The molecule has 0 fully saturated rings. The molecule has 116 valence electrons. The van der Waals surface area contributed by atoms with E-state index in [1.807, 2.05) is 18.2 Å². The fraction of sp³-hybridized carbons (Fsp3) is 0.130. The number of rotatable bonds is 1. The Labute approximate surface area is 148 Å². The highest BCUT2D eigenvalue weighted by Gasteiger charge is 2.35. The summed E-state index contributed by atoms with van der Waals surface area (Å²) in [6, 6.07) is 21.1. The zero-order valence-corrected chi connectivity index (χ0v) is 14.5. The molecule has 0 atom stereocenters. The van der Waals surface area contributed by atoms with Gasteiger partial charge in [-0.3, -0.25) is 0 Å². The normalized spacial score (nSPS) is 13.9. The Bertz CT molecular complexity index is 1000. The summed E-state index contributed by atoms with van der Waals surface area (Å²) in [6.07, 6.45) is 5.68. The summed E-state index contributed by atoms with van der Waals surface area (Å²) in [5.41, 5.74) is 8.38. The Morgan fingerprint density at radius 1 is 0.833 bits per heavy atom. The van der Waals surface area contributed by atoms with Gasteiger partial charge in [0.15, 0.2) is 0 Å². The smallest absolute Gasteiger partial charge is 0.0418 e. The molecule has 0 N–H and O–H groups in total. The molecule has 0 aromatic heterocycles. The Hall–Kier alpha value is -2.49. The maximum atomic E-state index is 6.09. The van der Waals surface area contributed by atoms with E-state index < -0.39 is 0 Å². The zero-order chi connectivity index (χ0) is 16.9. The molecule has 0 unspecified atom stereocenters.